The third-order valence-electron chi connectivity index (χ3n) is 2.91. The van der Waals surface area contributed by atoms with Crippen molar-refractivity contribution in [2.75, 3.05) is 26.9 Å². The lowest BCUT2D eigenvalue weighted by Gasteiger charge is -2.13. The Kier molecular flexibility index (Phi) is 11.5. The summed E-state index contributed by atoms with van der Waals surface area (Å²) in [5.41, 5.74) is 1.07. The van der Waals surface area contributed by atoms with Gasteiger partial charge in [-0.15, -0.1) is 12.4 Å². The lowest BCUT2D eigenvalue weighted by molar-refractivity contribution is 0.283. The number of nitrogens with one attached hydrogen (secondary N) is 1. The van der Waals surface area contributed by atoms with Crippen LogP contribution in [0.2, 0.25) is 5.02 Å². The highest BCUT2D eigenvalue weighted by molar-refractivity contribution is 6.32. The Hall–Kier alpha value is -0.680. The average Bonchev–Trinajstić information content (AvgIpc) is 2.43. The smallest absolute Gasteiger partial charge is 0.179 e. The van der Waals surface area contributed by atoms with Crippen molar-refractivity contribution in [1.82, 2.24) is 5.32 Å². The normalized spacial score (nSPS) is 10.1. The van der Waals surface area contributed by atoms with Crippen molar-refractivity contribution in [3.63, 3.8) is 0 Å². The zero-order valence-corrected chi connectivity index (χ0v) is 14.2. The molecule has 0 aliphatic heterocycles. The van der Waals surface area contributed by atoms with E-state index in [0.717, 1.165) is 37.9 Å². The van der Waals surface area contributed by atoms with Gasteiger partial charge >= 0.3 is 0 Å². The molecule has 0 unspecified atom stereocenters. The first-order valence-corrected chi connectivity index (χ1v) is 7.41. The summed E-state index contributed by atoms with van der Waals surface area (Å²) in [7, 11) is 1.59. The molecule has 0 heterocycles. The number of aliphatic hydroxyl groups is 1. The number of hydrogen-bond donors (Lipinski definition) is 2. The van der Waals surface area contributed by atoms with Gasteiger partial charge in [-0.1, -0.05) is 11.6 Å². The van der Waals surface area contributed by atoms with Gasteiger partial charge in [-0.05, 0) is 50.4 Å². The van der Waals surface area contributed by atoms with Gasteiger partial charge in [0.15, 0.2) is 11.5 Å². The number of benzene rings is 1. The summed E-state index contributed by atoms with van der Waals surface area (Å²) < 4.78 is 10.8. The Balaban J connectivity index is 0.00000400. The van der Waals surface area contributed by atoms with Crippen LogP contribution in [0.3, 0.4) is 0 Å². The molecule has 122 valence electrons. The zero-order chi connectivity index (χ0) is 14.8. The molecule has 0 bridgehead atoms. The quantitative estimate of drug-likeness (QED) is 0.642. The van der Waals surface area contributed by atoms with Crippen LogP contribution in [-0.2, 0) is 6.54 Å². The molecule has 0 atom stereocenters. The number of halogens is 2. The van der Waals surface area contributed by atoms with Crippen LogP contribution < -0.4 is 14.8 Å². The van der Waals surface area contributed by atoms with E-state index in [-0.39, 0.29) is 19.0 Å². The van der Waals surface area contributed by atoms with Gasteiger partial charge in [0.2, 0.25) is 0 Å². The van der Waals surface area contributed by atoms with Gasteiger partial charge in [0.1, 0.15) is 0 Å². The zero-order valence-electron chi connectivity index (χ0n) is 12.7. The minimum absolute atomic E-state index is 0. The van der Waals surface area contributed by atoms with Crippen LogP contribution in [0.4, 0.5) is 0 Å². The molecule has 1 aromatic carbocycles. The molecule has 0 saturated heterocycles. The topological polar surface area (TPSA) is 50.7 Å². The third kappa shape index (κ3) is 7.23. The Bertz CT molecular complexity index is 403. The summed E-state index contributed by atoms with van der Waals surface area (Å²) in [4.78, 5) is 0. The minimum Gasteiger partial charge on any atom is -0.491 e. The molecule has 4 nitrogen and oxygen atoms in total. The van der Waals surface area contributed by atoms with Gasteiger partial charge in [-0.2, -0.15) is 0 Å². The van der Waals surface area contributed by atoms with Crippen molar-refractivity contribution in [2.45, 2.75) is 32.7 Å². The Labute approximate surface area is 138 Å². The van der Waals surface area contributed by atoms with Crippen molar-refractivity contribution < 1.29 is 14.6 Å². The van der Waals surface area contributed by atoms with Crippen LogP contribution in [0.15, 0.2) is 12.1 Å². The van der Waals surface area contributed by atoms with Crippen molar-refractivity contribution in [2.24, 2.45) is 0 Å². The second kappa shape index (κ2) is 11.9. The summed E-state index contributed by atoms with van der Waals surface area (Å²) >= 11 is 6.19. The van der Waals surface area contributed by atoms with Crippen molar-refractivity contribution in [3.05, 3.63) is 22.7 Å². The van der Waals surface area contributed by atoms with Gasteiger partial charge in [0.05, 0.1) is 18.7 Å². The van der Waals surface area contributed by atoms with Crippen molar-refractivity contribution in [1.29, 1.82) is 0 Å². The second-order valence-corrected chi connectivity index (χ2v) is 4.91. The van der Waals surface area contributed by atoms with E-state index < -0.39 is 0 Å². The highest BCUT2D eigenvalue weighted by Gasteiger charge is 2.11. The molecule has 1 rings (SSSR count). The van der Waals surface area contributed by atoms with E-state index in [1.165, 1.54) is 0 Å². The molecule has 6 heteroatoms. The van der Waals surface area contributed by atoms with Crippen LogP contribution in [0.25, 0.3) is 0 Å². The van der Waals surface area contributed by atoms with Gasteiger partial charge in [0.25, 0.3) is 0 Å². The molecule has 0 spiro atoms. The van der Waals surface area contributed by atoms with E-state index in [9.17, 15) is 0 Å². The van der Waals surface area contributed by atoms with Gasteiger partial charge in [-0.3, -0.25) is 0 Å². The first-order chi connectivity index (χ1) is 9.72. The van der Waals surface area contributed by atoms with E-state index in [1.54, 1.807) is 7.11 Å². The van der Waals surface area contributed by atoms with E-state index in [1.807, 2.05) is 19.1 Å². The Morgan fingerprint density at radius 1 is 1.24 bits per heavy atom. The predicted molar refractivity (Wildman–Crippen MR) is 89.1 cm³/mol. The lowest BCUT2D eigenvalue weighted by Crippen LogP contribution is -2.15. The Morgan fingerprint density at radius 3 is 2.62 bits per heavy atom. The molecule has 0 amide bonds. The summed E-state index contributed by atoms with van der Waals surface area (Å²) in [5.74, 6) is 1.26. The van der Waals surface area contributed by atoms with Crippen molar-refractivity contribution in [3.8, 4) is 11.5 Å². The molecular formula is C15H25Cl2NO3. The monoisotopic (exact) mass is 337 g/mol. The third-order valence-corrected chi connectivity index (χ3v) is 3.19. The maximum absolute atomic E-state index is 8.70. The van der Waals surface area contributed by atoms with E-state index in [0.29, 0.717) is 23.1 Å². The number of hydrogen-bond acceptors (Lipinski definition) is 4. The largest absolute Gasteiger partial charge is 0.491 e. The van der Waals surface area contributed by atoms with Crippen LogP contribution in [0.5, 0.6) is 11.5 Å². The summed E-state index contributed by atoms with van der Waals surface area (Å²) in [6.45, 7) is 4.44. The number of ether oxygens (including phenoxy) is 2. The molecular weight excluding hydrogens is 313 g/mol. The maximum Gasteiger partial charge on any atom is 0.179 e. The molecule has 2 N–H and O–H groups in total. The maximum atomic E-state index is 8.70. The molecule has 21 heavy (non-hydrogen) atoms. The molecule has 1 aromatic rings. The highest BCUT2D eigenvalue weighted by Crippen LogP contribution is 2.36. The first kappa shape index (κ1) is 20.3. The highest BCUT2D eigenvalue weighted by atomic mass is 35.5. The molecule has 0 aromatic heterocycles. The van der Waals surface area contributed by atoms with Crippen LogP contribution in [-0.4, -0.2) is 32.0 Å². The number of aliphatic hydroxyl groups excluding tert-OH is 1. The molecule has 0 radical (unpaired) electrons. The molecule has 0 aliphatic rings. The summed E-state index contributed by atoms with van der Waals surface area (Å²) in [6, 6.07) is 3.85. The summed E-state index contributed by atoms with van der Waals surface area (Å²) in [6.07, 6.45) is 2.96. The van der Waals surface area contributed by atoms with E-state index in [4.69, 9.17) is 26.2 Å². The Morgan fingerprint density at radius 2 is 2.00 bits per heavy atom. The van der Waals surface area contributed by atoms with E-state index in [2.05, 4.69) is 5.32 Å². The van der Waals surface area contributed by atoms with Gasteiger partial charge < -0.3 is 19.9 Å². The molecule has 0 fully saturated rings. The van der Waals surface area contributed by atoms with Crippen LogP contribution in [0.1, 0.15) is 31.7 Å². The summed E-state index contributed by atoms with van der Waals surface area (Å²) in [5, 5.41) is 12.6. The number of rotatable bonds is 10. The standard InChI is InChI=1S/C15H24ClNO3.ClH/c1-3-20-14-10-12(9-13(16)15(14)19-2)11-17-7-5-4-6-8-18;/h9-10,17-18H,3-8,11H2,1-2H3;1H. The van der Waals surface area contributed by atoms with Crippen LogP contribution >= 0.6 is 24.0 Å². The van der Waals surface area contributed by atoms with Crippen molar-refractivity contribution >= 4 is 24.0 Å². The second-order valence-electron chi connectivity index (χ2n) is 4.50. The molecule has 0 aliphatic carbocycles. The fourth-order valence-electron chi connectivity index (χ4n) is 1.96. The van der Waals surface area contributed by atoms with Gasteiger partial charge in [-0.25, -0.2) is 0 Å². The predicted octanol–water partition coefficient (Wildman–Crippen LogP) is 3.42. The molecule has 0 saturated carbocycles. The number of unbranched alkanes of at least 4 members (excludes halogenated alkanes) is 2. The first-order valence-electron chi connectivity index (χ1n) is 7.03. The fraction of sp³-hybridized carbons (Fsp3) is 0.600. The minimum atomic E-state index is 0. The number of methoxy groups -OCH3 is 1. The van der Waals surface area contributed by atoms with Gasteiger partial charge in [0, 0.05) is 13.2 Å². The van der Waals surface area contributed by atoms with Crippen LogP contribution in [0, 0.1) is 0 Å². The van der Waals surface area contributed by atoms with E-state index >= 15 is 0 Å². The lowest BCUT2D eigenvalue weighted by atomic mass is 10.2. The SMILES string of the molecule is CCOc1cc(CNCCCCCO)cc(Cl)c1OC.Cl. The average molecular weight is 338 g/mol. The fourth-order valence-corrected chi connectivity index (χ4v) is 2.27.